The Morgan fingerprint density at radius 1 is 0.583 bits per heavy atom. The van der Waals surface area contributed by atoms with Gasteiger partial charge in [-0.1, -0.05) is 36.4 Å². The van der Waals surface area contributed by atoms with Crippen molar-refractivity contribution in [2.24, 2.45) is 44.4 Å². The predicted molar refractivity (Wildman–Crippen MR) is 230 cm³/mol. The zero-order valence-electron chi connectivity index (χ0n) is 33.5. The molecule has 19 N–H and O–H groups in total. The molecule has 2 aromatic carbocycles. The maximum absolute atomic E-state index is 14.3. The molecule has 0 unspecified atom stereocenters. The Bertz CT molecular complexity index is 2120. The van der Waals surface area contributed by atoms with Crippen molar-refractivity contribution in [1.82, 2.24) is 31.2 Å². The quantitative estimate of drug-likeness (QED) is 0.0218. The van der Waals surface area contributed by atoms with Crippen LogP contribution in [-0.4, -0.2) is 106 Å². The second-order valence-electron chi connectivity index (χ2n) is 14.5. The van der Waals surface area contributed by atoms with Crippen molar-refractivity contribution < 1.29 is 29.1 Å². The van der Waals surface area contributed by atoms with E-state index in [0.29, 0.717) is 31.4 Å². The third-order valence-electron chi connectivity index (χ3n) is 9.91. The lowest BCUT2D eigenvalue weighted by atomic mass is 10.0. The molecule has 2 heterocycles. The SMILES string of the molecule is NCCCC[C@H](NC(=O)[C@H](Cc1c[nH]c2ccccc12)NC(=O)[C@H](CCCN=C(N)N)NC(=O)[C@H](Cc1c[nH]c2ccccc12)NC(=O)[C@@H](N)CCCN=C(N)N)C(=O)O. The second-order valence-corrected chi connectivity index (χ2v) is 14.5. The van der Waals surface area contributed by atoms with Crippen LogP contribution in [0.4, 0.5) is 0 Å². The fourth-order valence-electron chi connectivity index (χ4n) is 6.73. The van der Waals surface area contributed by atoms with Crippen LogP contribution >= 0.6 is 0 Å². The summed E-state index contributed by atoms with van der Waals surface area (Å²) in [5.74, 6) is -4.28. The average Bonchev–Trinajstić information content (AvgIpc) is 3.83. The number of fused-ring (bicyclic) bond motifs is 2. The minimum absolute atomic E-state index is 0.0185. The molecule has 324 valence electrons. The zero-order chi connectivity index (χ0) is 43.6. The van der Waals surface area contributed by atoms with Crippen LogP contribution in [0.1, 0.15) is 56.1 Å². The van der Waals surface area contributed by atoms with E-state index in [4.69, 9.17) is 34.4 Å². The number of nitrogens with two attached hydrogens (primary N) is 6. The van der Waals surface area contributed by atoms with Crippen LogP contribution in [0.25, 0.3) is 21.8 Å². The number of carboxylic acid groups (broad SMARTS) is 1. The summed E-state index contributed by atoms with van der Waals surface area (Å²) in [6.45, 7) is 0.730. The van der Waals surface area contributed by atoms with Gasteiger partial charge in [-0.15, -0.1) is 0 Å². The van der Waals surface area contributed by atoms with E-state index < -0.39 is 59.8 Å². The van der Waals surface area contributed by atoms with Crippen LogP contribution in [0.3, 0.4) is 0 Å². The average molecular weight is 831 g/mol. The molecule has 4 aromatic rings. The zero-order valence-corrected chi connectivity index (χ0v) is 33.5. The first-order valence-corrected chi connectivity index (χ1v) is 19.9. The summed E-state index contributed by atoms with van der Waals surface area (Å²) in [6, 6.07) is 8.85. The van der Waals surface area contributed by atoms with Gasteiger partial charge in [-0.3, -0.25) is 29.2 Å². The molecule has 0 bridgehead atoms. The minimum Gasteiger partial charge on any atom is -0.480 e. The van der Waals surface area contributed by atoms with Crippen molar-refractivity contribution >= 4 is 63.3 Å². The second kappa shape index (κ2) is 23.1. The smallest absolute Gasteiger partial charge is 0.326 e. The molecule has 5 atom stereocenters. The van der Waals surface area contributed by atoms with E-state index >= 15 is 0 Å². The number of amides is 4. The van der Waals surface area contributed by atoms with Crippen LogP contribution in [-0.2, 0) is 36.8 Å². The highest BCUT2D eigenvalue weighted by Gasteiger charge is 2.32. The van der Waals surface area contributed by atoms with E-state index in [-0.39, 0.29) is 63.5 Å². The van der Waals surface area contributed by atoms with Gasteiger partial charge in [0, 0.05) is 60.1 Å². The highest BCUT2D eigenvalue weighted by molar-refractivity contribution is 5.96. The summed E-state index contributed by atoms with van der Waals surface area (Å²) in [7, 11) is 0. The van der Waals surface area contributed by atoms with E-state index in [2.05, 4.69) is 41.2 Å². The van der Waals surface area contributed by atoms with Gasteiger partial charge in [0.05, 0.1) is 6.04 Å². The van der Waals surface area contributed by atoms with Gasteiger partial charge in [-0.2, -0.15) is 0 Å². The van der Waals surface area contributed by atoms with Gasteiger partial charge in [-0.05, 0) is 74.8 Å². The van der Waals surface area contributed by atoms with Crippen molar-refractivity contribution in [3.8, 4) is 0 Å². The molecule has 4 amide bonds. The fraction of sp³-hybridized carbons (Fsp3) is 0.425. The molecule has 0 aliphatic heterocycles. The van der Waals surface area contributed by atoms with Gasteiger partial charge in [0.2, 0.25) is 23.6 Å². The van der Waals surface area contributed by atoms with Gasteiger partial charge >= 0.3 is 5.97 Å². The summed E-state index contributed by atoms with van der Waals surface area (Å²) >= 11 is 0. The number of H-pyrrole nitrogens is 2. The molecule has 0 aliphatic rings. The topological polar surface area (TPSA) is 366 Å². The number of guanidine groups is 2. The number of benzene rings is 2. The molecule has 4 rings (SSSR count). The van der Waals surface area contributed by atoms with E-state index in [9.17, 15) is 29.1 Å². The summed E-state index contributed by atoms with van der Waals surface area (Å²) in [5, 5.41) is 22.5. The number of aromatic amines is 2. The van der Waals surface area contributed by atoms with Crippen LogP contribution < -0.4 is 55.7 Å². The van der Waals surface area contributed by atoms with Crippen molar-refractivity contribution in [3.63, 3.8) is 0 Å². The first-order chi connectivity index (χ1) is 28.8. The number of hydrogen-bond donors (Lipinski definition) is 13. The lowest BCUT2D eigenvalue weighted by molar-refractivity contribution is -0.142. The maximum Gasteiger partial charge on any atom is 0.326 e. The molecular weight excluding hydrogens is 773 g/mol. The summed E-state index contributed by atoms with van der Waals surface area (Å²) in [4.78, 5) is 82.4. The minimum atomic E-state index is -1.27. The highest BCUT2D eigenvalue weighted by atomic mass is 16.4. The molecule has 2 aromatic heterocycles. The third kappa shape index (κ3) is 14.0. The van der Waals surface area contributed by atoms with E-state index in [0.717, 1.165) is 27.4 Å². The largest absolute Gasteiger partial charge is 0.480 e. The number of hydrogen-bond acceptors (Lipinski definition) is 9. The monoisotopic (exact) mass is 830 g/mol. The molecule has 60 heavy (non-hydrogen) atoms. The van der Waals surface area contributed by atoms with Gasteiger partial charge in [-0.25, -0.2) is 4.79 Å². The molecular formula is C40H58N14O6. The lowest BCUT2D eigenvalue weighted by Crippen LogP contribution is -2.59. The van der Waals surface area contributed by atoms with E-state index in [1.165, 1.54) is 0 Å². The number of carbonyl (C=O) groups is 5. The van der Waals surface area contributed by atoms with Crippen molar-refractivity contribution in [2.75, 3.05) is 19.6 Å². The molecule has 0 radical (unpaired) electrons. The summed E-state index contributed by atoms with van der Waals surface area (Å²) in [5.41, 5.74) is 36.7. The number of para-hydroxylation sites is 2. The fourth-order valence-corrected chi connectivity index (χ4v) is 6.73. The van der Waals surface area contributed by atoms with Crippen molar-refractivity contribution in [2.45, 2.75) is 88.0 Å². The van der Waals surface area contributed by atoms with Gasteiger partial charge in [0.15, 0.2) is 11.9 Å². The number of aliphatic imine (C=N–C) groups is 2. The number of carbonyl (C=O) groups excluding carboxylic acids is 4. The Hall–Kier alpha value is -6.67. The van der Waals surface area contributed by atoms with E-state index in [1.807, 2.05) is 48.5 Å². The Labute approximate surface area is 347 Å². The molecule has 0 fully saturated rings. The Morgan fingerprint density at radius 2 is 1.02 bits per heavy atom. The number of carboxylic acids is 1. The van der Waals surface area contributed by atoms with E-state index in [1.54, 1.807) is 12.4 Å². The molecule has 20 heteroatoms. The maximum atomic E-state index is 14.3. The standard InChI is InChI=1S/C40H58N14O6/c41-16-6-5-14-31(38(59)60)52-37(58)33(20-24-22-50-29-13-4-2-10-26(24)29)54-35(56)30(15-8-18-48-40(45)46)51-36(57)32(19-23-21-49-28-12-3-1-9-25(23)28)53-34(55)27(42)11-7-17-47-39(43)44/h1-4,9-10,12-13,21-22,27,30-33,49-50H,5-8,11,14-20,41-42H2,(H,51,57)(H,52,58)(H,53,55)(H,54,56)(H,59,60)(H4,43,44,47)(H4,45,46,48)/t27-,30-,31-,32-,33-/m0/s1. The highest BCUT2D eigenvalue weighted by Crippen LogP contribution is 2.21. The van der Waals surface area contributed by atoms with Gasteiger partial charge in [0.25, 0.3) is 0 Å². The summed E-state index contributed by atoms with van der Waals surface area (Å²) in [6.07, 6.45) is 5.46. The number of aromatic nitrogens is 2. The summed E-state index contributed by atoms with van der Waals surface area (Å²) < 4.78 is 0. The molecule has 0 spiro atoms. The Balaban J connectivity index is 1.62. The molecule has 0 aliphatic carbocycles. The van der Waals surface area contributed by atoms with Crippen LogP contribution in [0.15, 0.2) is 70.9 Å². The predicted octanol–water partition coefficient (Wildman–Crippen LogP) is -0.978. The van der Waals surface area contributed by atoms with Crippen LogP contribution in [0, 0.1) is 0 Å². The number of nitrogens with zero attached hydrogens (tertiary/aromatic N) is 2. The van der Waals surface area contributed by atoms with Crippen molar-refractivity contribution in [1.29, 1.82) is 0 Å². The normalized spacial score (nSPS) is 13.6. The Kier molecular flexibility index (Phi) is 17.7. The molecule has 0 saturated carbocycles. The van der Waals surface area contributed by atoms with Gasteiger partial charge < -0.3 is 70.7 Å². The van der Waals surface area contributed by atoms with Gasteiger partial charge in [0.1, 0.15) is 24.2 Å². The number of rotatable bonds is 25. The number of unbranched alkanes of at least 4 members (excludes halogenated alkanes) is 1. The number of aliphatic carboxylic acids is 1. The van der Waals surface area contributed by atoms with Crippen molar-refractivity contribution in [3.05, 3.63) is 72.1 Å². The van der Waals surface area contributed by atoms with Crippen LogP contribution in [0.2, 0.25) is 0 Å². The molecule has 20 nitrogen and oxygen atoms in total. The lowest BCUT2D eigenvalue weighted by Gasteiger charge is -2.26. The molecule has 0 saturated heterocycles. The van der Waals surface area contributed by atoms with Crippen LogP contribution in [0.5, 0.6) is 0 Å². The first kappa shape index (κ1) is 46.0. The Morgan fingerprint density at radius 3 is 1.52 bits per heavy atom. The number of nitrogens with one attached hydrogen (secondary N) is 6. The third-order valence-corrected chi connectivity index (χ3v) is 9.91. The first-order valence-electron chi connectivity index (χ1n) is 19.9.